The molecule has 0 atom stereocenters. The molecule has 1 amide bonds. The van der Waals surface area contributed by atoms with Gasteiger partial charge in [-0.2, -0.15) is 0 Å². The zero-order valence-electron chi connectivity index (χ0n) is 14.8. The number of likely N-dealkylation sites (tertiary alicyclic amines) is 1. The van der Waals surface area contributed by atoms with Gasteiger partial charge in [-0.05, 0) is 29.9 Å². The molecule has 6 nitrogen and oxygen atoms in total. The van der Waals surface area contributed by atoms with E-state index in [9.17, 15) is 9.59 Å². The predicted molar refractivity (Wildman–Crippen MR) is 109 cm³/mol. The molecule has 0 N–H and O–H groups in total. The Morgan fingerprint density at radius 3 is 2.74 bits per heavy atom. The minimum atomic E-state index is -0.0711. The lowest BCUT2D eigenvalue weighted by molar-refractivity contribution is -0.129. The van der Waals surface area contributed by atoms with Crippen molar-refractivity contribution in [2.24, 2.45) is 0 Å². The molecule has 0 unspecified atom stereocenters. The summed E-state index contributed by atoms with van der Waals surface area (Å²) in [6.07, 6.45) is 1.47. The first-order chi connectivity index (χ1) is 13.2. The molecule has 1 aromatic carbocycles. The van der Waals surface area contributed by atoms with Gasteiger partial charge in [0.15, 0.2) is 0 Å². The monoisotopic (exact) mass is 400 g/mol. The number of fused-ring (bicyclic) bond motifs is 1. The fourth-order valence-corrected chi connectivity index (χ4v) is 4.95. The largest absolute Gasteiger partial charge is 0.342 e. The Balaban J connectivity index is 1.31. The summed E-state index contributed by atoms with van der Waals surface area (Å²) in [5.41, 5.74) is 1.82. The number of nitrogens with zero attached hydrogens (tertiary/aromatic N) is 4. The van der Waals surface area contributed by atoms with Crippen LogP contribution in [0.2, 0.25) is 0 Å². The average molecular weight is 401 g/mol. The molecule has 1 fully saturated rings. The van der Waals surface area contributed by atoms with E-state index in [1.807, 2.05) is 34.5 Å². The number of rotatable bonds is 5. The van der Waals surface area contributed by atoms with Gasteiger partial charge in [0.2, 0.25) is 5.91 Å². The number of amides is 1. The van der Waals surface area contributed by atoms with Gasteiger partial charge in [-0.15, -0.1) is 28.2 Å². The Labute approximate surface area is 165 Å². The van der Waals surface area contributed by atoms with Crippen molar-refractivity contribution in [1.82, 2.24) is 19.9 Å². The Morgan fingerprint density at radius 1 is 1.19 bits per heavy atom. The molecule has 3 aromatic rings. The van der Waals surface area contributed by atoms with Crippen LogP contribution in [0.3, 0.4) is 0 Å². The minimum absolute atomic E-state index is 0.0116. The summed E-state index contributed by atoms with van der Waals surface area (Å²) in [7, 11) is 0. The van der Waals surface area contributed by atoms with E-state index in [1.165, 1.54) is 21.6 Å². The zero-order chi connectivity index (χ0) is 18.6. The molecule has 0 radical (unpaired) electrons. The van der Waals surface area contributed by atoms with Gasteiger partial charge >= 0.3 is 0 Å². The van der Waals surface area contributed by atoms with Crippen LogP contribution in [0.5, 0.6) is 0 Å². The normalized spacial score (nSPS) is 15.3. The molecule has 1 aliphatic rings. The van der Waals surface area contributed by atoms with Crippen LogP contribution in [0.25, 0.3) is 10.2 Å². The number of carbonyl (C=O) groups is 1. The Kier molecular flexibility index (Phi) is 5.54. The Bertz CT molecular complexity index is 978. The van der Waals surface area contributed by atoms with Crippen molar-refractivity contribution in [3.8, 4) is 0 Å². The number of aromatic nitrogens is 3. The van der Waals surface area contributed by atoms with Gasteiger partial charge in [-0.3, -0.25) is 9.59 Å². The lowest BCUT2D eigenvalue weighted by atomic mass is 10.1. The van der Waals surface area contributed by atoms with Gasteiger partial charge in [0.25, 0.3) is 5.56 Å². The van der Waals surface area contributed by atoms with Crippen molar-refractivity contribution in [3.05, 3.63) is 57.7 Å². The highest BCUT2D eigenvalue weighted by Gasteiger charge is 2.25. The molecule has 27 heavy (non-hydrogen) atoms. The third-order valence-corrected chi connectivity index (χ3v) is 6.68. The molecule has 8 heteroatoms. The topological polar surface area (TPSA) is 68.1 Å². The lowest BCUT2D eigenvalue weighted by Crippen LogP contribution is -2.42. The summed E-state index contributed by atoms with van der Waals surface area (Å²) in [6.45, 7) is 1.32. The highest BCUT2D eigenvalue weighted by atomic mass is 32.2. The summed E-state index contributed by atoms with van der Waals surface area (Å²) in [5, 5.41) is 10.1. The maximum atomic E-state index is 12.6. The van der Waals surface area contributed by atoms with Crippen LogP contribution >= 0.6 is 23.1 Å². The summed E-state index contributed by atoms with van der Waals surface area (Å²) in [5.74, 6) is 1.50. The first-order valence-corrected chi connectivity index (χ1v) is 11.0. The van der Waals surface area contributed by atoms with Gasteiger partial charge < -0.3 is 4.90 Å². The van der Waals surface area contributed by atoms with Crippen molar-refractivity contribution in [3.63, 3.8) is 0 Å². The van der Waals surface area contributed by atoms with Crippen molar-refractivity contribution >= 4 is 39.2 Å². The van der Waals surface area contributed by atoms with E-state index >= 15 is 0 Å². The van der Waals surface area contributed by atoms with E-state index in [2.05, 4.69) is 22.4 Å². The van der Waals surface area contributed by atoms with Gasteiger partial charge in [0, 0.05) is 18.8 Å². The standard InChI is InChI=1S/C19H20N4O2S2/c24-17(13-26-12-14-4-2-1-3-5-14)22-9-6-15(7-10-22)23-19(25)18-16(20-21-23)8-11-27-18/h1-5,8,11,15H,6-7,9-10,12-13H2. The van der Waals surface area contributed by atoms with Crippen LogP contribution in [0.15, 0.2) is 46.6 Å². The fraction of sp³-hybridized carbons (Fsp3) is 0.368. The first kappa shape index (κ1) is 18.2. The maximum absolute atomic E-state index is 12.6. The van der Waals surface area contributed by atoms with Crippen molar-refractivity contribution in [2.75, 3.05) is 18.8 Å². The summed E-state index contributed by atoms with van der Waals surface area (Å²) in [4.78, 5) is 26.9. The second-order valence-electron chi connectivity index (χ2n) is 6.56. The number of thiophene rings is 1. The quantitative estimate of drug-likeness (QED) is 0.659. The smallest absolute Gasteiger partial charge is 0.287 e. The molecule has 0 spiro atoms. The van der Waals surface area contributed by atoms with Crippen LogP contribution in [0, 0.1) is 0 Å². The van der Waals surface area contributed by atoms with Gasteiger partial charge in [0.05, 0.1) is 11.8 Å². The molecular weight excluding hydrogens is 380 g/mol. The fourth-order valence-electron chi connectivity index (χ4n) is 3.30. The van der Waals surface area contributed by atoms with E-state index in [0.717, 1.165) is 18.6 Å². The number of hydrogen-bond acceptors (Lipinski definition) is 6. The predicted octanol–water partition coefficient (Wildman–Crippen LogP) is 2.95. The molecule has 0 bridgehead atoms. The highest BCUT2D eigenvalue weighted by molar-refractivity contribution is 7.99. The summed E-state index contributed by atoms with van der Waals surface area (Å²) < 4.78 is 2.16. The SMILES string of the molecule is O=C(CSCc1ccccc1)N1CCC(n2nnc3ccsc3c2=O)CC1. The molecule has 1 saturated heterocycles. The third-order valence-electron chi connectivity index (χ3n) is 4.80. The highest BCUT2D eigenvalue weighted by Crippen LogP contribution is 2.22. The van der Waals surface area contributed by atoms with Gasteiger partial charge in [0.1, 0.15) is 10.2 Å². The van der Waals surface area contributed by atoms with Gasteiger partial charge in [-0.25, -0.2) is 4.68 Å². The zero-order valence-corrected chi connectivity index (χ0v) is 16.4. The second kappa shape index (κ2) is 8.22. The van der Waals surface area contributed by atoms with E-state index < -0.39 is 0 Å². The Hall–Kier alpha value is -2.19. The van der Waals surface area contributed by atoms with Crippen molar-refractivity contribution in [2.45, 2.75) is 24.6 Å². The number of hydrogen-bond donors (Lipinski definition) is 0. The van der Waals surface area contributed by atoms with Crippen LogP contribution < -0.4 is 5.56 Å². The minimum Gasteiger partial charge on any atom is -0.342 e. The van der Waals surface area contributed by atoms with E-state index in [0.29, 0.717) is 29.1 Å². The second-order valence-corrected chi connectivity index (χ2v) is 8.47. The molecule has 140 valence electrons. The van der Waals surface area contributed by atoms with Crippen LogP contribution in [-0.2, 0) is 10.5 Å². The number of carbonyl (C=O) groups excluding carboxylic acids is 1. The number of thioether (sulfide) groups is 1. The molecule has 2 aromatic heterocycles. The number of benzene rings is 1. The van der Waals surface area contributed by atoms with Crippen LogP contribution in [0.4, 0.5) is 0 Å². The third kappa shape index (κ3) is 4.06. The first-order valence-electron chi connectivity index (χ1n) is 8.94. The molecule has 3 heterocycles. The van der Waals surface area contributed by atoms with E-state index in [1.54, 1.807) is 11.8 Å². The van der Waals surface area contributed by atoms with Crippen molar-refractivity contribution < 1.29 is 4.79 Å². The van der Waals surface area contributed by atoms with E-state index in [-0.39, 0.29) is 17.5 Å². The molecule has 0 saturated carbocycles. The van der Waals surface area contributed by atoms with Crippen LogP contribution in [-0.4, -0.2) is 44.6 Å². The van der Waals surface area contributed by atoms with Crippen LogP contribution in [0.1, 0.15) is 24.4 Å². The van der Waals surface area contributed by atoms with Crippen molar-refractivity contribution in [1.29, 1.82) is 0 Å². The molecule has 0 aliphatic carbocycles. The molecule has 1 aliphatic heterocycles. The average Bonchev–Trinajstić information content (AvgIpc) is 3.19. The Morgan fingerprint density at radius 2 is 1.96 bits per heavy atom. The lowest BCUT2D eigenvalue weighted by Gasteiger charge is -2.32. The molecular formula is C19H20N4O2S2. The molecule has 4 rings (SSSR count). The van der Waals surface area contributed by atoms with Gasteiger partial charge in [-0.1, -0.05) is 35.5 Å². The maximum Gasteiger partial charge on any atom is 0.287 e. The summed E-state index contributed by atoms with van der Waals surface area (Å²) in [6, 6.07) is 12.0. The number of piperidine rings is 1. The summed E-state index contributed by atoms with van der Waals surface area (Å²) >= 11 is 3.04. The van der Waals surface area contributed by atoms with E-state index in [4.69, 9.17) is 0 Å².